The van der Waals surface area contributed by atoms with E-state index in [0.717, 1.165) is 0 Å². The molecule has 4 N–H and O–H groups in total. The van der Waals surface area contributed by atoms with Gasteiger partial charge < -0.3 is 20.9 Å². The number of ether oxygens (including phenoxy) is 1. The molecule has 0 aromatic rings. The molecule has 0 saturated carbocycles. The summed E-state index contributed by atoms with van der Waals surface area (Å²) < 4.78 is 5.00. The first-order valence-corrected chi connectivity index (χ1v) is 5.09. The number of carboxylic acids is 1. The number of carboxylic acid groups (broad SMARTS) is 1. The van der Waals surface area contributed by atoms with Gasteiger partial charge in [-0.1, -0.05) is 0 Å². The van der Waals surface area contributed by atoms with E-state index >= 15 is 0 Å². The Morgan fingerprint density at radius 1 is 1.44 bits per heavy atom. The number of aliphatic carboxylic acids is 1. The Balaban J connectivity index is 4.28. The van der Waals surface area contributed by atoms with Crippen LogP contribution in [0.25, 0.3) is 0 Å². The summed E-state index contributed by atoms with van der Waals surface area (Å²) in [5.74, 6) is -1.85. The second-order valence-corrected chi connectivity index (χ2v) is 4.62. The van der Waals surface area contributed by atoms with E-state index in [1.54, 1.807) is 27.7 Å². The first-order valence-electron chi connectivity index (χ1n) is 5.09. The molecule has 0 spiro atoms. The lowest BCUT2D eigenvalue weighted by Gasteiger charge is -2.24. The third-order valence-electron chi connectivity index (χ3n) is 1.92. The smallest absolute Gasteiger partial charge is 0.407 e. The van der Waals surface area contributed by atoms with E-state index in [9.17, 15) is 9.59 Å². The van der Waals surface area contributed by atoms with Gasteiger partial charge in [0.1, 0.15) is 5.60 Å². The van der Waals surface area contributed by atoms with E-state index in [4.69, 9.17) is 15.6 Å². The number of carbonyl (C=O) groups is 2. The van der Waals surface area contributed by atoms with E-state index in [1.165, 1.54) is 0 Å². The molecule has 0 heterocycles. The molecule has 2 unspecified atom stereocenters. The maximum atomic E-state index is 11.3. The fourth-order valence-corrected chi connectivity index (χ4v) is 1.11. The first-order chi connectivity index (χ1) is 7.17. The first kappa shape index (κ1) is 14.7. The van der Waals surface area contributed by atoms with Crippen molar-refractivity contribution in [3.63, 3.8) is 0 Å². The predicted octanol–water partition coefficient (Wildman–Crippen LogP) is 0.559. The summed E-state index contributed by atoms with van der Waals surface area (Å²) >= 11 is 0. The van der Waals surface area contributed by atoms with Gasteiger partial charge >= 0.3 is 12.1 Å². The number of carbonyl (C=O) groups excluding carboxylic acids is 1. The molecule has 1 amide bonds. The second-order valence-electron chi connectivity index (χ2n) is 4.62. The van der Waals surface area contributed by atoms with E-state index in [1.807, 2.05) is 0 Å². The highest BCUT2D eigenvalue weighted by Crippen LogP contribution is 2.08. The van der Waals surface area contributed by atoms with Gasteiger partial charge in [0.2, 0.25) is 0 Å². The summed E-state index contributed by atoms with van der Waals surface area (Å²) in [6.45, 7) is 6.74. The van der Waals surface area contributed by atoms with Crippen molar-refractivity contribution in [2.45, 2.75) is 39.3 Å². The fraction of sp³-hybridized carbons (Fsp3) is 0.800. The van der Waals surface area contributed by atoms with Gasteiger partial charge in [0.15, 0.2) is 0 Å². The Kier molecular flexibility index (Phi) is 5.23. The topological polar surface area (TPSA) is 102 Å². The maximum Gasteiger partial charge on any atom is 0.407 e. The average Bonchev–Trinajstić information content (AvgIpc) is 1.99. The summed E-state index contributed by atoms with van der Waals surface area (Å²) in [4.78, 5) is 22.1. The van der Waals surface area contributed by atoms with Crippen molar-refractivity contribution in [1.29, 1.82) is 0 Å². The van der Waals surface area contributed by atoms with Crippen molar-refractivity contribution in [1.82, 2.24) is 5.32 Å². The van der Waals surface area contributed by atoms with E-state index in [2.05, 4.69) is 5.32 Å². The number of amides is 1. The molecule has 16 heavy (non-hydrogen) atoms. The van der Waals surface area contributed by atoms with Crippen LogP contribution in [0.1, 0.15) is 27.7 Å². The number of hydrogen-bond acceptors (Lipinski definition) is 4. The zero-order valence-corrected chi connectivity index (χ0v) is 10.1. The molecule has 0 aliphatic carbocycles. The molecule has 0 aromatic heterocycles. The third kappa shape index (κ3) is 5.55. The van der Waals surface area contributed by atoms with E-state index in [-0.39, 0.29) is 6.54 Å². The maximum absolute atomic E-state index is 11.3. The lowest BCUT2D eigenvalue weighted by Crippen LogP contribution is -2.46. The van der Waals surface area contributed by atoms with Crippen LogP contribution in [0.5, 0.6) is 0 Å². The molecular formula is C10H20N2O4. The lowest BCUT2D eigenvalue weighted by atomic mass is 10.0. The molecule has 0 rings (SSSR count). The highest BCUT2D eigenvalue weighted by molar-refractivity contribution is 5.73. The molecule has 6 nitrogen and oxygen atoms in total. The SMILES string of the molecule is CC(NC(=O)OC(C)(C)C)C(CN)C(=O)O. The van der Waals surface area contributed by atoms with Crippen molar-refractivity contribution >= 4 is 12.1 Å². The molecule has 2 atom stereocenters. The van der Waals surface area contributed by atoms with E-state index < -0.39 is 29.6 Å². The summed E-state index contributed by atoms with van der Waals surface area (Å²) in [5.41, 5.74) is 4.70. The van der Waals surface area contributed by atoms with Crippen molar-refractivity contribution in [3.05, 3.63) is 0 Å². The molecule has 94 valence electrons. The summed E-state index contributed by atoms with van der Waals surface area (Å²) in [6, 6.07) is -0.572. The van der Waals surface area contributed by atoms with Gasteiger partial charge in [-0.25, -0.2) is 4.79 Å². The highest BCUT2D eigenvalue weighted by atomic mass is 16.6. The van der Waals surface area contributed by atoms with Crippen LogP contribution in [-0.2, 0) is 9.53 Å². The average molecular weight is 232 g/mol. The summed E-state index contributed by atoms with van der Waals surface area (Å²) in [6.07, 6.45) is -0.639. The molecule has 0 fully saturated rings. The zero-order valence-electron chi connectivity index (χ0n) is 10.1. The van der Waals surface area contributed by atoms with Crippen LogP contribution in [0.4, 0.5) is 4.79 Å². The minimum Gasteiger partial charge on any atom is -0.481 e. The third-order valence-corrected chi connectivity index (χ3v) is 1.92. The van der Waals surface area contributed by atoms with E-state index in [0.29, 0.717) is 0 Å². The van der Waals surface area contributed by atoms with Crippen molar-refractivity contribution in [2.24, 2.45) is 11.7 Å². The minimum atomic E-state index is -1.04. The van der Waals surface area contributed by atoms with Crippen molar-refractivity contribution < 1.29 is 19.4 Å². The Morgan fingerprint density at radius 3 is 2.25 bits per heavy atom. The predicted molar refractivity (Wildman–Crippen MR) is 59.0 cm³/mol. The minimum absolute atomic E-state index is 0.0354. The lowest BCUT2D eigenvalue weighted by molar-refractivity contribution is -0.142. The molecule has 0 aromatic carbocycles. The monoisotopic (exact) mass is 232 g/mol. The molecule has 0 radical (unpaired) electrons. The Bertz CT molecular complexity index is 260. The second kappa shape index (κ2) is 5.69. The Morgan fingerprint density at radius 2 is 1.94 bits per heavy atom. The number of alkyl carbamates (subject to hydrolysis) is 1. The quantitative estimate of drug-likeness (QED) is 0.657. The molecule has 0 aliphatic rings. The number of rotatable bonds is 4. The van der Waals surface area contributed by atoms with Gasteiger partial charge in [0, 0.05) is 12.6 Å². The van der Waals surface area contributed by atoms with Crippen LogP contribution >= 0.6 is 0 Å². The van der Waals surface area contributed by atoms with Crippen molar-refractivity contribution in [2.75, 3.05) is 6.54 Å². The molecule has 0 aliphatic heterocycles. The highest BCUT2D eigenvalue weighted by Gasteiger charge is 2.26. The number of hydrogen-bond donors (Lipinski definition) is 3. The van der Waals surface area contributed by atoms with Gasteiger partial charge in [0.05, 0.1) is 5.92 Å². The van der Waals surface area contributed by atoms with Gasteiger partial charge in [-0.3, -0.25) is 4.79 Å². The Hall–Kier alpha value is -1.30. The summed E-state index contributed by atoms with van der Waals surface area (Å²) in [7, 11) is 0. The van der Waals surface area contributed by atoms with Crippen LogP contribution in [-0.4, -0.2) is 35.4 Å². The van der Waals surface area contributed by atoms with Crippen LogP contribution in [0.2, 0.25) is 0 Å². The Labute approximate surface area is 95.1 Å². The van der Waals surface area contributed by atoms with Gasteiger partial charge in [-0.15, -0.1) is 0 Å². The van der Waals surface area contributed by atoms with Gasteiger partial charge in [-0.2, -0.15) is 0 Å². The van der Waals surface area contributed by atoms with Gasteiger partial charge in [-0.05, 0) is 27.7 Å². The summed E-state index contributed by atoms with van der Waals surface area (Å²) in [5, 5.41) is 11.3. The molecule has 6 heteroatoms. The molecule has 0 bridgehead atoms. The zero-order chi connectivity index (χ0) is 12.9. The van der Waals surface area contributed by atoms with Crippen LogP contribution in [0, 0.1) is 5.92 Å². The fourth-order valence-electron chi connectivity index (χ4n) is 1.11. The van der Waals surface area contributed by atoms with Gasteiger partial charge in [0.25, 0.3) is 0 Å². The standard InChI is InChI=1S/C10H20N2O4/c1-6(7(5-11)8(13)14)12-9(15)16-10(2,3)4/h6-7H,5,11H2,1-4H3,(H,12,15)(H,13,14). The van der Waals surface area contributed by atoms with Crippen molar-refractivity contribution in [3.8, 4) is 0 Å². The van der Waals surface area contributed by atoms with Crippen LogP contribution in [0.15, 0.2) is 0 Å². The normalized spacial score (nSPS) is 15.1. The van der Waals surface area contributed by atoms with Crippen LogP contribution < -0.4 is 11.1 Å². The van der Waals surface area contributed by atoms with Crippen LogP contribution in [0.3, 0.4) is 0 Å². The number of nitrogens with one attached hydrogen (secondary N) is 1. The number of nitrogens with two attached hydrogens (primary N) is 1. The molecular weight excluding hydrogens is 212 g/mol. The molecule has 0 saturated heterocycles. The largest absolute Gasteiger partial charge is 0.481 e.